The third-order valence-corrected chi connectivity index (χ3v) is 3.29. The summed E-state index contributed by atoms with van der Waals surface area (Å²) in [5.41, 5.74) is 7.87. The lowest BCUT2D eigenvalue weighted by Gasteiger charge is -2.06. The molecule has 3 aromatic rings. The first-order valence-electron chi connectivity index (χ1n) is 6.11. The number of H-pyrrole nitrogens is 1. The van der Waals surface area contributed by atoms with Crippen LogP contribution in [0.3, 0.4) is 0 Å². The summed E-state index contributed by atoms with van der Waals surface area (Å²) in [4.78, 5) is 0. The highest BCUT2D eigenvalue weighted by Crippen LogP contribution is 2.35. The molecule has 0 unspecified atom stereocenters. The SMILES string of the molecule is Nc1n[nH]c(-c2cccc(Cl)c2)c1-c1cc(F)cc(F)c1. The highest BCUT2D eigenvalue weighted by molar-refractivity contribution is 6.30. The van der Waals surface area contributed by atoms with E-state index in [1.54, 1.807) is 24.3 Å². The molecule has 0 atom stereocenters. The molecule has 0 saturated carbocycles. The third-order valence-electron chi connectivity index (χ3n) is 3.06. The summed E-state index contributed by atoms with van der Waals surface area (Å²) >= 11 is 5.96. The zero-order valence-corrected chi connectivity index (χ0v) is 11.5. The summed E-state index contributed by atoms with van der Waals surface area (Å²) in [7, 11) is 0. The average molecular weight is 306 g/mol. The Morgan fingerprint density at radius 3 is 2.38 bits per heavy atom. The summed E-state index contributed by atoms with van der Waals surface area (Å²) in [5, 5.41) is 7.24. The lowest BCUT2D eigenvalue weighted by molar-refractivity contribution is 0.584. The Bertz CT molecular complexity index is 794. The second kappa shape index (κ2) is 5.18. The van der Waals surface area contributed by atoms with Crippen LogP contribution in [-0.2, 0) is 0 Å². The minimum atomic E-state index is -0.678. The van der Waals surface area contributed by atoms with Crippen molar-refractivity contribution >= 4 is 17.4 Å². The molecule has 2 aromatic carbocycles. The summed E-state index contributed by atoms with van der Waals surface area (Å²) in [6.07, 6.45) is 0. The molecule has 0 spiro atoms. The highest BCUT2D eigenvalue weighted by Gasteiger charge is 2.16. The number of hydrogen-bond donors (Lipinski definition) is 2. The van der Waals surface area contributed by atoms with E-state index in [0.717, 1.165) is 11.6 Å². The maximum atomic E-state index is 13.4. The minimum Gasteiger partial charge on any atom is -0.382 e. The van der Waals surface area contributed by atoms with Crippen molar-refractivity contribution in [2.45, 2.75) is 0 Å². The van der Waals surface area contributed by atoms with Gasteiger partial charge in [0.2, 0.25) is 0 Å². The van der Waals surface area contributed by atoms with Gasteiger partial charge in [-0.25, -0.2) is 8.78 Å². The predicted octanol–water partition coefficient (Wildman–Crippen LogP) is 4.26. The van der Waals surface area contributed by atoms with Crippen LogP contribution >= 0.6 is 11.6 Å². The van der Waals surface area contributed by atoms with E-state index in [2.05, 4.69) is 10.2 Å². The largest absolute Gasteiger partial charge is 0.382 e. The van der Waals surface area contributed by atoms with Crippen LogP contribution < -0.4 is 5.73 Å². The molecule has 0 aliphatic rings. The van der Waals surface area contributed by atoms with Crippen LogP contribution in [0.15, 0.2) is 42.5 Å². The lowest BCUT2D eigenvalue weighted by atomic mass is 10.0. The Balaban J connectivity index is 2.22. The molecule has 0 bridgehead atoms. The number of aromatic amines is 1. The molecule has 3 rings (SSSR count). The predicted molar refractivity (Wildman–Crippen MR) is 78.8 cm³/mol. The van der Waals surface area contributed by atoms with Gasteiger partial charge in [0.15, 0.2) is 5.82 Å². The number of anilines is 1. The number of aromatic nitrogens is 2. The van der Waals surface area contributed by atoms with E-state index >= 15 is 0 Å². The fourth-order valence-electron chi connectivity index (χ4n) is 2.20. The summed E-state index contributed by atoms with van der Waals surface area (Å²) in [5.74, 6) is -1.19. The molecule has 3 nitrogen and oxygen atoms in total. The van der Waals surface area contributed by atoms with Crippen LogP contribution in [0.4, 0.5) is 14.6 Å². The van der Waals surface area contributed by atoms with Crippen molar-refractivity contribution in [1.82, 2.24) is 10.2 Å². The first kappa shape index (κ1) is 13.6. The number of hydrogen-bond acceptors (Lipinski definition) is 2. The van der Waals surface area contributed by atoms with Crippen LogP contribution in [0.1, 0.15) is 0 Å². The zero-order chi connectivity index (χ0) is 15.0. The van der Waals surface area contributed by atoms with Gasteiger partial charge in [0.25, 0.3) is 0 Å². The molecule has 1 aromatic heterocycles. The van der Waals surface area contributed by atoms with Gasteiger partial charge < -0.3 is 5.73 Å². The van der Waals surface area contributed by atoms with Crippen LogP contribution in [0.25, 0.3) is 22.4 Å². The maximum absolute atomic E-state index is 13.4. The van der Waals surface area contributed by atoms with Crippen molar-refractivity contribution in [3.8, 4) is 22.4 Å². The third kappa shape index (κ3) is 2.60. The van der Waals surface area contributed by atoms with E-state index in [9.17, 15) is 8.78 Å². The van der Waals surface area contributed by atoms with Gasteiger partial charge in [-0.3, -0.25) is 5.10 Å². The van der Waals surface area contributed by atoms with E-state index in [4.69, 9.17) is 17.3 Å². The van der Waals surface area contributed by atoms with Gasteiger partial charge in [0.05, 0.1) is 11.3 Å². The van der Waals surface area contributed by atoms with Crippen molar-refractivity contribution in [2.24, 2.45) is 0 Å². The van der Waals surface area contributed by atoms with Gasteiger partial charge in [-0.1, -0.05) is 23.7 Å². The Labute approximate surface area is 124 Å². The first-order chi connectivity index (χ1) is 10.0. The Hall–Kier alpha value is -2.40. The molecule has 0 saturated heterocycles. The van der Waals surface area contributed by atoms with Gasteiger partial charge in [-0.05, 0) is 29.8 Å². The molecule has 0 radical (unpaired) electrons. The normalized spacial score (nSPS) is 10.8. The Morgan fingerprint density at radius 1 is 1.00 bits per heavy atom. The fraction of sp³-hybridized carbons (Fsp3) is 0. The number of nitrogen functional groups attached to an aromatic ring is 1. The second-order valence-corrected chi connectivity index (χ2v) is 4.96. The van der Waals surface area contributed by atoms with Crippen molar-refractivity contribution in [3.63, 3.8) is 0 Å². The topological polar surface area (TPSA) is 54.7 Å². The number of halogens is 3. The number of nitrogens with one attached hydrogen (secondary N) is 1. The molecule has 0 aliphatic carbocycles. The van der Waals surface area contributed by atoms with E-state index in [1.165, 1.54) is 12.1 Å². The fourth-order valence-corrected chi connectivity index (χ4v) is 2.39. The molecular weight excluding hydrogens is 296 g/mol. The zero-order valence-electron chi connectivity index (χ0n) is 10.7. The quantitative estimate of drug-likeness (QED) is 0.743. The molecule has 0 fully saturated rings. The summed E-state index contributed by atoms with van der Waals surface area (Å²) in [6.45, 7) is 0. The standard InChI is InChI=1S/C15H10ClF2N3/c16-10-3-1-2-8(4-10)14-13(15(19)21-20-14)9-5-11(17)7-12(18)6-9/h1-7H,(H3,19,20,21). The average Bonchev–Trinajstić information content (AvgIpc) is 2.79. The van der Waals surface area contributed by atoms with Gasteiger partial charge in [0.1, 0.15) is 11.6 Å². The van der Waals surface area contributed by atoms with E-state index in [1.807, 2.05) is 0 Å². The van der Waals surface area contributed by atoms with Gasteiger partial charge >= 0.3 is 0 Å². The van der Waals surface area contributed by atoms with E-state index in [0.29, 0.717) is 21.8 Å². The molecule has 0 aliphatic heterocycles. The monoisotopic (exact) mass is 305 g/mol. The molecule has 3 N–H and O–H groups in total. The van der Waals surface area contributed by atoms with Crippen LogP contribution in [0, 0.1) is 11.6 Å². The van der Waals surface area contributed by atoms with Gasteiger partial charge in [0, 0.05) is 16.7 Å². The number of benzene rings is 2. The molecular formula is C15H10ClF2N3. The first-order valence-corrected chi connectivity index (χ1v) is 6.48. The van der Waals surface area contributed by atoms with E-state index in [-0.39, 0.29) is 5.82 Å². The molecule has 1 heterocycles. The van der Waals surface area contributed by atoms with Crippen molar-refractivity contribution < 1.29 is 8.78 Å². The number of nitrogens with two attached hydrogens (primary N) is 1. The Morgan fingerprint density at radius 2 is 1.71 bits per heavy atom. The van der Waals surface area contributed by atoms with Gasteiger partial charge in [-0.15, -0.1) is 0 Å². The molecule has 21 heavy (non-hydrogen) atoms. The van der Waals surface area contributed by atoms with Crippen molar-refractivity contribution in [2.75, 3.05) is 5.73 Å². The molecule has 106 valence electrons. The summed E-state index contributed by atoms with van der Waals surface area (Å²) < 4.78 is 26.8. The number of rotatable bonds is 2. The highest BCUT2D eigenvalue weighted by atomic mass is 35.5. The minimum absolute atomic E-state index is 0.162. The molecule has 6 heteroatoms. The van der Waals surface area contributed by atoms with Gasteiger partial charge in [-0.2, -0.15) is 5.10 Å². The second-order valence-electron chi connectivity index (χ2n) is 4.53. The van der Waals surface area contributed by atoms with Crippen LogP contribution in [0.5, 0.6) is 0 Å². The van der Waals surface area contributed by atoms with Crippen molar-refractivity contribution in [3.05, 3.63) is 59.1 Å². The summed E-state index contributed by atoms with van der Waals surface area (Å²) in [6, 6.07) is 10.2. The maximum Gasteiger partial charge on any atom is 0.153 e. The van der Waals surface area contributed by atoms with Crippen molar-refractivity contribution in [1.29, 1.82) is 0 Å². The number of nitrogens with zero attached hydrogens (tertiary/aromatic N) is 1. The van der Waals surface area contributed by atoms with E-state index < -0.39 is 11.6 Å². The smallest absolute Gasteiger partial charge is 0.153 e. The van der Waals surface area contributed by atoms with Crippen LogP contribution in [-0.4, -0.2) is 10.2 Å². The molecule has 0 amide bonds. The lowest BCUT2D eigenvalue weighted by Crippen LogP contribution is -1.91. The van der Waals surface area contributed by atoms with Crippen LogP contribution in [0.2, 0.25) is 5.02 Å². The Kier molecular flexibility index (Phi) is 3.35.